The van der Waals surface area contributed by atoms with E-state index in [4.69, 9.17) is 19.2 Å². The molecule has 15 heteroatoms. The lowest BCUT2D eigenvalue weighted by molar-refractivity contribution is 0.0600. The fourth-order valence-electron chi connectivity index (χ4n) is 5.25. The van der Waals surface area contributed by atoms with E-state index in [1.165, 1.54) is 43.2 Å². The molecule has 0 amide bonds. The average Bonchev–Trinajstić information content (AvgIpc) is 3.13. The number of esters is 1. The summed E-state index contributed by atoms with van der Waals surface area (Å²) in [6, 6.07) is 22.0. The minimum atomic E-state index is -4.53. The Balaban J connectivity index is 1.42. The van der Waals surface area contributed by atoms with Gasteiger partial charge < -0.3 is 19.5 Å². The van der Waals surface area contributed by atoms with Crippen LogP contribution in [0.5, 0.6) is 11.6 Å². The first kappa shape index (κ1) is 34.5. The Hall–Kier alpha value is -6.35. The Morgan fingerprint density at radius 1 is 0.863 bits per heavy atom. The molecule has 260 valence electrons. The summed E-state index contributed by atoms with van der Waals surface area (Å²) >= 11 is 0. The first-order valence-corrected chi connectivity index (χ1v) is 16.6. The average molecular weight is 714 g/mol. The maximum absolute atomic E-state index is 14.4. The molecule has 2 aromatic heterocycles. The third-order valence-corrected chi connectivity index (χ3v) is 9.23. The maximum Gasteiger partial charge on any atom is 0.337 e. The summed E-state index contributed by atoms with van der Waals surface area (Å²) in [5, 5.41) is 3.45. The number of halogens is 2. The number of pyridine rings is 1. The highest BCUT2D eigenvalue weighted by molar-refractivity contribution is 7.92. The molecular formula is C36H29F2N5O7S. The van der Waals surface area contributed by atoms with Crippen molar-refractivity contribution in [3.63, 3.8) is 0 Å². The topological polar surface area (TPSA) is 151 Å². The normalized spacial score (nSPS) is 11.2. The lowest BCUT2D eigenvalue weighted by Gasteiger charge is -2.16. The fraction of sp³-hybridized carbons (Fsp3) is 0.111. The van der Waals surface area contributed by atoms with Gasteiger partial charge in [-0.1, -0.05) is 18.2 Å². The molecule has 0 saturated carbocycles. The second-order valence-electron chi connectivity index (χ2n) is 11.0. The van der Waals surface area contributed by atoms with Crippen molar-refractivity contribution < 1.29 is 36.2 Å². The Morgan fingerprint density at radius 3 is 2.27 bits per heavy atom. The molecule has 6 rings (SSSR count). The van der Waals surface area contributed by atoms with E-state index < -0.39 is 38.1 Å². The predicted molar refractivity (Wildman–Crippen MR) is 186 cm³/mol. The molecule has 0 saturated heterocycles. The van der Waals surface area contributed by atoms with Crippen molar-refractivity contribution in [2.24, 2.45) is 0 Å². The monoisotopic (exact) mass is 713 g/mol. The number of nitrogens with one attached hydrogen (secondary N) is 2. The van der Waals surface area contributed by atoms with E-state index in [1.807, 2.05) is 24.3 Å². The molecular weight excluding hydrogens is 684 g/mol. The Bertz CT molecular complexity index is 2440. The first-order valence-electron chi connectivity index (χ1n) is 15.2. The van der Waals surface area contributed by atoms with Gasteiger partial charge in [0, 0.05) is 24.4 Å². The molecule has 0 radical (unpaired) electrons. The molecule has 0 atom stereocenters. The molecule has 51 heavy (non-hydrogen) atoms. The van der Waals surface area contributed by atoms with Gasteiger partial charge in [-0.15, -0.1) is 0 Å². The number of hydrogen-bond acceptors (Lipinski definition) is 10. The van der Waals surface area contributed by atoms with Crippen LogP contribution in [0, 0.1) is 11.6 Å². The van der Waals surface area contributed by atoms with Crippen molar-refractivity contribution in [1.29, 1.82) is 0 Å². The van der Waals surface area contributed by atoms with E-state index in [2.05, 4.69) is 15.0 Å². The lowest BCUT2D eigenvalue weighted by Crippen LogP contribution is -2.24. The standard InChI is InChI=1S/C36H29F2N5O7S/c1-48-27-12-4-21(5-13-27)19-40-36-41-30-14-8-23(16-28(30)34(44)43(36)26-10-6-22(7-11-26)35(45)50-3)24-17-31(33(49-2)39-20-24)42-51(46,47)32-15-9-25(37)18-29(32)38/h4-18,20,42H,19H2,1-3H3,(H,40,41). The number of rotatable bonds is 11. The minimum Gasteiger partial charge on any atom is -0.497 e. The Labute approximate surface area is 290 Å². The Morgan fingerprint density at radius 2 is 1.61 bits per heavy atom. The van der Waals surface area contributed by atoms with E-state index in [0.29, 0.717) is 46.3 Å². The summed E-state index contributed by atoms with van der Waals surface area (Å²) in [6.07, 6.45) is 1.42. The molecule has 2 N–H and O–H groups in total. The van der Waals surface area contributed by atoms with E-state index in [0.717, 1.165) is 17.7 Å². The molecule has 0 fully saturated rings. The summed E-state index contributed by atoms with van der Waals surface area (Å²) < 4.78 is 72.9. The highest BCUT2D eigenvalue weighted by Crippen LogP contribution is 2.32. The summed E-state index contributed by atoms with van der Waals surface area (Å²) in [5.74, 6) is -1.93. The van der Waals surface area contributed by atoms with Gasteiger partial charge >= 0.3 is 5.97 Å². The SMILES string of the molecule is COC(=O)c1ccc(-n2c(NCc3ccc(OC)cc3)nc3ccc(-c4cnc(OC)c(NS(=O)(=O)c5ccc(F)cc5F)c4)cc3c2=O)cc1. The first-order chi connectivity index (χ1) is 24.5. The van der Waals surface area contributed by atoms with Crippen molar-refractivity contribution in [1.82, 2.24) is 14.5 Å². The summed E-state index contributed by atoms with van der Waals surface area (Å²) in [5.41, 5.74) is 2.24. The second-order valence-corrected chi connectivity index (χ2v) is 12.7. The van der Waals surface area contributed by atoms with Crippen LogP contribution in [-0.2, 0) is 21.3 Å². The van der Waals surface area contributed by atoms with E-state index in [-0.39, 0.29) is 22.9 Å². The molecule has 4 aromatic carbocycles. The number of fused-ring (bicyclic) bond motifs is 1. The van der Waals surface area contributed by atoms with Crippen LogP contribution < -0.4 is 25.1 Å². The largest absolute Gasteiger partial charge is 0.497 e. The van der Waals surface area contributed by atoms with Crippen molar-refractivity contribution in [3.8, 4) is 28.4 Å². The smallest absolute Gasteiger partial charge is 0.337 e. The molecule has 0 aliphatic heterocycles. The van der Waals surface area contributed by atoms with Crippen molar-refractivity contribution in [2.75, 3.05) is 31.4 Å². The second kappa shape index (κ2) is 14.2. The molecule has 12 nitrogen and oxygen atoms in total. The van der Waals surface area contributed by atoms with Crippen LogP contribution in [-0.4, -0.2) is 50.3 Å². The molecule has 0 spiro atoms. The maximum atomic E-state index is 14.4. The van der Waals surface area contributed by atoms with Crippen LogP contribution in [0.25, 0.3) is 27.7 Å². The zero-order chi connectivity index (χ0) is 36.3. The van der Waals surface area contributed by atoms with Crippen LogP contribution in [0.3, 0.4) is 0 Å². The zero-order valence-corrected chi connectivity index (χ0v) is 28.1. The van der Waals surface area contributed by atoms with Crippen LogP contribution in [0.1, 0.15) is 15.9 Å². The van der Waals surface area contributed by atoms with Gasteiger partial charge in [0.1, 0.15) is 28.0 Å². The zero-order valence-electron chi connectivity index (χ0n) is 27.3. The minimum absolute atomic E-state index is 0.113. The predicted octanol–water partition coefficient (Wildman–Crippen LogP) is 5.94. The van der Waals surface area contributed by atoms with Gasteiger partial charge in [-0.2, -0.15) is 0 Å². The quantitative estimate of drug-likeness (QED) is 0.154. The van der Waals surface area contributed by atoms with Gasteiger partial charge in [0.05, 0.1) is 43.5 Å². The van der Waals surface area contributed by atoms with Gasteiger partial charge in [0.2, 0.25) is 11.8 Å². The molecule has 0 bridgehead atoms. The number of nitrogens with zero attached hydrogens (tertiary/aromatic N) is 3. The van der Waals surface area contributed by atoms with Crippen molar-refractivity contribution in [2.45, 2.75) is 11.4 Å². The van der Waals surface area contributed by atoms with Crippen molar-refractivity contribution >= 4 is 38.5 Å². The van der Waals surface area contributed by atoms with Gasteiger partial charge in [-0.3, -0.25) is 9.52 Å². The Kier molecular flexibility index (Phi) is 9.64. The number of carbonyl (C=O) groups excluding carboxylic acids is 1. The van der Waals surface area contributed by atoms with Crippen LogP contribution in [0.2, 0.25) is 0 Å². The number of hydrogen-bond donors (Lipinski definition) is 2. The lowest BCUT2D eigenvalue weighted by atomic mass is 10.0. The number of ether oxygens (including phenoxy) is 3. The summed E-state index contributed by atoms with van der Waals surface area (Å²) in [4.78, 5) is 34.5. The fourth-order valence-corrected chi connectivity index (χ4v) is 6.36. The highest BCUT2D eigenvalue weighted by Gasteiger charge is 2.23. The number of benzene rings is 4. The summed E-state index contributed by atoms with van der Waals surface area (Å²) in [6.45, 7) is 0.318. The van der Waals surface area contributed by atoms with Gasteiger partial charge in [-0.05, 0) is 77.9 Å². The van der Waals surface area contributed by atoms with E-state index in [9.17, 15) is 26.8 Å². The highest BCUT2D eigenvalue weighted by atomic mass is 32.2. The molecule has 0 unspecified atom stereocenters. The molecule has 6 aromatic rings. The molecule has 2 heterocycles. The third-order valence-electron chi connectivity index (χ3n) is 7.83. The van der Waals surface area contributed by atoms with Crippen LogP contribution in [0.15, 0.2) is 107 Å². The van der Waals surface area contributed by atoms with Crippen LogP contribution in [0.4, 0.5) is 20.4 Å². The number of carbonyl (C=O) groups is 1. The number of sulfonamides is 1. The number of methoxy groups -OCH3 is 3. The van der Waals surface area contributed by atoms with Crippen molar-refractivity contribution in [3.05, 3.63) is 130 Å². The van der Waals surface area contributed by atoms with Gasteiger partial charge in [-0.25, -0.2) is 36.5 Å². The number of aromatic nitrogens is 3. The summed E-state index contributed by atoms with van der Waals surface area (Å²) in [7, 11) is -0.406. The molecule has 0 aliphatic carbocycles. The van der Waals surface area contributed by atoms with E-state index in [1.54, 1.807) is 37.4 Å². The molecule has 0 aliphatic rings. The van der Waals surface area contributed by atoms with Gasteiger partial charge in [0.15, 0.2) is 0 Å². The van der Waals surface area contributed by atoms with Crippen LogP contribution >= 0.6 is 0 Å². The van der Waals surface area contributed by atoms with Gasteiger partial charge in [0.25, 0.3) is 15.6 Å². The van der Waals surface area contributed by atoms with E-state index >= 15 is 0 Å². The number of anilines is 2. The third kappa shape index (κ3) is 7.19.